The Morgan fingerprint density at radius 1 is 0.895 bits per heavy atom. The maximum Gasteiger partial charge on any atom is 0.0701 e. The second kappa shape index (κ2) is 9.78. The highest BCUT2D eigenvalue weighted by molar-refractivity contribution is 5.46. The summed E-state index contributed by atoms with van der Waals surface area (Å²) in [6, 6.07) is 8.50. The zero-order valence-corrected chi connectivity index (χ0v) is 12.2. The highest BCUT2D eigenvalue weighted by Crippen LogP contribution is 2.12. The van der Waals surface area contributed by atoms with Crippen LogP contribution in [-0.2, 0) is 14.2 Å². The molecule has 0 radical (unpaired) electrons. The predicted octanol–water partition coefficient (Wildman–Crippen LogP) is 2.11. The molecule has 4 heteroatoms. The summed E-state index contributed by atoms with van der Waals surface area (Å²) < 4.78 is 15.7. The van der Waals surface area contributed by atoms with Crippen molar-refractivity contribution in [1.29, 1.82) is 0 Å². The third-order valence-electron chi connectivity index (χ3n) is 2.85. The molecule has 0 saturated heterocycles. The molecule has 4 nitrogen and oxygen atoms in total. The molecular weight excluding hydrogens is 242 g/mol. The zero-order valence-electron chi connectivity index (χ0n) is 12.2. The summed E-state index contributed by atoms with van der Waals surface area (Å²) in [5.74, 6) is 0. The first-order valence-electron chi connectivity index (χ1n) is 6.66. The van der Waals surface area contributed by atoms with E-state index in [-0.39, 0.29) is 0 Å². The summed E-state index contributed by atoms with van der Waals surface area (Å²) in [4.78, 5) is 2.19. The number of hydrogen-bond donors (Lipinski definition) is 0. The lowest BCUT2D eigenvalue weighted by atomic mass is 10.2. The quantitative estimate of drug-likeness (QED) is 0.608. The Balaban J connectivity index is 2.04. The molecule has 0 aliphatic rings. The van der Waals surface area contributed by atoms with Crippen LogP contribution in [0.1, 0.15) is 5.56 Å². The van der Waals surface area contributed by atoms with Crippen LogP contribution in [0.2, 0.25) is 0 Å². The summed E-state index contributed by atoms with van der Waals surface area (Å²) in [6.45, 7) is 6.19. The number of ether oxygens (including phenoxy) is 3. The fourth-order valence-electron chi connectivity index (χ4n) is 1.59. The molecule has 0 saturated carbocycles. The molecule has 0 amide bonds. The average Bonchev–Trinajstić information content (AvgIpc) is 2.42. The lowest BCUT2D eigenvalue weighted by Crippen LogP contribution is -2.23. The van der Waals surface area contributed by atoms with E-state index in [1.807, 2.05) is 0 Å². The highest BCUT2D eigenvalue weighted by atomic mass is 16.5. The van der Waals surface area contributed by atoms with Crippen molar-refractivity contribution in [2.75, 3.05) is 58.6 Å². The Morgan fingerprint density at radius 2 is 1.47 bits per heavy atom. The molecule has 0 N–H and O–H groups in total. The monoisotopic (exact) mass is 267 g/mol. The number of hydrogen-bond acceptors (Lipinski definition) is 4. The molecule has 0 atom stereocenters. The fraction of sp³-hybridized carbons (Fsp3) is 0.600. The first-order chi connectivity index (χ1) is 9.24. The highest BCUT2D eigenvalue weighted by Gasteiger charge is 1.99. The lowest BCUT2D eigenvalue weighted by molar-refractivity contribution is 0.0266. The van der Waals surface area contributed by atoms with Crippen molar-refractivity contribution in [2.45, 2.75) is 6.92 Å². The van der Waals surface area contributed by atoms with Crippen molar-refractivity contribution in [1.82, 2.24) is 0 Å². The van der Waals surface area contributed by atoms with Crippen molar-refractivity contribution in [3.8, 4) is 0 Å². The molecule has 0 spiro atoms. The van der Waals surface area contributed by atoms with Crippen molar-refractivity contribution in [3.05, 3.63) is 29.8 Å². The van der Waals surface area contributed by atoms with Crippen molar-refractivity contribution in [3.63, 3.8) is 0 Å². The smallest absolute Gasteiger partial charge is 0.0701 e. The summed E-state index contributed by atoms with van der Waals surface area (Å²) in [5.41, 5.74) is 2.49. The van der Waals surface area contributed by atoms with E-state index in [0.717, 1.165) is 6.54 Å². The van der Waals surface area contributed by atoms with Crippen LogP contribution in [0.4, 0.5) is 5.69 Å². The maximum absolute atomic E-state index is 5.52. The van der Waals surface area contributed by atoms with E-state index in [4.69, 9.17) is 14.2 Å². The molecule has 0 fully saturated rings. The van der Waals surface area contributed by atoms with Crippen LogP contribution < -0.4 is 4.90 Å². The van der Waals surface area contributed by atoms with Gasteiger partial charge in [0.05, 0.1) is 33.0 Å². The van der Waals surface area contributed by atoms with Crippen LogP contribution in [0, 0.1) is 6.92 Å². The number of likely N-dealkylation sites (N-methyl/N-ethyl adjacent to an activating group) is 1. The number of benzene rings is 1. The minimum atomic E-state index is 0.623. The number of methoxy groups -OCH3 is 1. The average molecular weight is 267 g/mol. The van der Waals surface area contributed by atoms with Gasteiger partial charge in [-0.1, -0.05) is 17.7 Å². The Kier molecular flexibility index (Phi) is 8.21. The predicted molar refractivity (Wildman–Crippen MR) is 78.0 cm³/mol. The lowest BCUT2D eigenvalue weighted by Gasteiger charge is -2.19. The van der Waals surface area contributed by atoms with Gasteiger partial charge in [0.2, 0.25) is 0 Å². The second-order valence-corrected chi connectivity index (χ2v) is 4.47. The van der Waals surface area contributed by atoms with E-state index >= 15 is 0 Å². The van der Waals surface area contributed by atoms with E-state index in [1.54, 1.807) is 7.11 Å². The zero-order chi connectivity index (χ0) is 13.9. The molecule has 1 rings (SSSR count). The number of nitrogens with zero attached hydrogens (tertiary/aromatic N) is 1. The number of aryl methyl sites for hydroxylation is 1. The van der Waals surface area contributed by atoms with Gasteiger partial charge in [0.15, 0.2) is 0 Å². The van der Waals surface area contributed by atoms with Gasteiger partial charge < -0.3 is 19.1 Å². The molecule has 0 bridgehead atoms. The molecule has 1 aromatic carbocycles. The fourth-order valence-corrected chi connectivity index (χ4v) is 1.59. The Labute approximate surface area is 116 Å². The van der Waals surface area contributed by atoms with Crippen LogP contribution in [-0.4, -0.2) is 53.7 Å². The summed E-state index contributed by atoms with van der Waals surface area (Å²) in [5, 5.41) is 0. The van der Waals surface area contributed by atoms with Gasteiger partial charge in [-0.25, -0.2) is 0 Å². The van der Waals surface area contributed by atoms with Gasteiger partial charge in [0.1, 0.15) is 0 Å². The Morgan fingerprint density at radius 3 is 2.11 bits per heavy atom. The Bertz CT molecular complexity index is 327. The first kappa shape index (κ1) is 16.0. The molecule has 0 unspecified atom stereocenters. The molecule has 0 heterocycles. The Hall–Kier alpha value is -1.10. The van der Waals surface area contributed by atoms with Crippen molar-refractivity contribution < 1.29 is 14.2 Å². The SMILES string of the molecule is COCCOCCOCCN(C)c1ccc(C)cc1. The molecule has 19 heavy (non-hydrogen) atoms. The van der Waals surface area contributed by atoms with Gasteiger partial charge in [-0.2, -0.15) is 0 Å². The van der Waals surface area contributed by atoms with Gasteiger partial charge in [-0.3, -0.25) is 0 Å². The summed E-state index contributed by atoms with van der Waals surface area (Å²) in [6.07, 6.45) is 0. The van der Waals surface area contributed by atoms with Gasteiger partial charge in [0.25, 0.3) is 0 Å². The molecular formula is C15H25NO3. The second-order valence-electron chi connectivity index (χ2n) is 4.47. The largest absolute Gasteiger partial charge is 0.382 e. The molecule has 0 aromatic heterocycles. The van der Waals surface area contributed by atoms with Crippen LogP contribution in [0.5, 0.6) is 0 Å². The van der Waals surface area contributed by atoms with Crippen LogP contribution >= 0.6 is 0 Å². The van der Waals surface area contributed by atoms with Gasteiger partial charge in [0, 0.05) is 26.4 Å². The molecule has 0 aliphatic carbocycles. The van der Waals surface area contributed by atoms with Crippen LogP contribution in [0.15, 0.2) is 24.3 Å². The molecule has 1 aromatic rings. The van der Waals surface area contributed by atoms with Crippen molar-refractivity contribution >= 4 is 5.69 Å². The molecule has 108 valence electrons. The van der Waals surface area contributed by atoms with Crippen molar-refractivity contribution in [2.24, 2.45) is 0 Å². The first-order valence-corrected chi connectivity index (χ1v) is 6.66. The maximum atomic E-state index is 5.52. The van der Waals surface area contributed by atoms with Gasteiger partial charge >= 0.3 is 0 Å². The van der Waals surface area contributed by atoms with E-state index in [2.05, 4.69) is 43.1 Å². The van der Waals surface area contributed by atoms with E-state index in [9.17, 15) is 0 Å². The minimum absolute atomic E-state index is 0.623. The number of rotatable bonds is 10. The van der Waals surface area contributed by atoms with E-state index in [0.29, 0.717) is 33.0 Å². The van der Waals surface area contributed by atoms with Crippen LogP contribution in [0.25, 0.3) is 0 Å². The normalized spacial score (nSPS) is 10.7. The van der Waals surface area contributed by atoms with E-state index in [1.165, 1.54) is 11.3 Å². The van der Waals surface area contributed by atoms with Crippen LogP contribution in [0.3, 0.4) is 0 Å². The van der Waals surface area contributed by atoms with Gasteiger partial charge in [-0.05, 0) is 19.1 Å². The third kappa shape index (κ3) is 7.15. The molecule has 0 aliphatic heterocycles. The number of anilines is 1. The standard InChI is InChI=1S/C15H25NO3/c1-14-4-6-15(7-5-14)16(2)8-9-18-12-13-19-11-10-17-3/h4-7H,8-13H2,1-3H3. The minimum Gasteiger partial charge on any atom is -0.382 e. The van der Waals surface area contributed by atoms with E-state index < -0.39 is 0 Å². The summed E-state index contributed by atoms with van der Waals surface area (Å²) >= 11 is 0. The summed E-state index contributed by atoms with van der Waals surface area (Å²) in [7, 11) is 3.74. The van der Waals surface area contributed by atoms with Gasteiger partial charge in [-0.15, -0.1) is 0 Å². The topological polar surface area (TPSA) is 30.9 Å². The third-order valence-corrected chi connectivity index (χ3v) is 2.85.